The Morgan fingerprint density at radius 3 is 2.81 bits per heavy atom. The average Bonchev–Trinajstić information content (AvgIpc) is 2.25. The molecule has 0 amide bonds. The van der Waals surface area contributed by atoms with Gasteiger partial charge >= 0.3 is 0 Å². The predicted octanol–water partition coefficient (Wildman–Crippen LogP) is 3.26. The monoisotopic (exact) mass is 221 g/mol. The summed E-state index contributed by atoms with van der Waals surface area (Å²) in [6, 6.07) is 8.03. The molecule has 3 heteroatoms. The average molecular weight is 221 g/mol. The van der Waals surface area contributed by atoms with Gasteiger partial charge < -0.3 is 9.94 Å². The quantitative estimate of drug-likeness (QED) is 0.471. The second-order valence-electron chi connectivity index (χ2n) is 4.15. The number of ether oxygens (including phenoxy) is 1. The summed E-state index contributed by atoms with van der Waals surface area (Å²) in [6.45, 7) is 5.83. The standard InChI is InChI=1S/C13H19NO2/c1-10(2)16-13-6-4-5-12(9-13)8-7-11(3)14-15/h4-6,9-10,15H,7-8H2,1-3H3/b14-11+. The van der Waals surface area contributed by atoms with Crippen LogP contribution in [0.25, 0.3) is 0 Å². The fourth-order valence-corrected chi connectivity index (χ4v) is 1.42. The smallest absolute Gasteiger partial charge is 0.119 e. The highest BCUT2D eigenvalue weighted by molar-refractivity contribution is 5.81. The van der Waals surface area contributed by atoms with Gasteiger partial charge in [-0.25, -0.2) is 0 Å². The van der Waals surface area contributed by atoms with Crippen LogP contribution in [-0.4, -0.2) is 17.0 Å². The number of oxime groups is 1. The third-order valence-corrected chi connectivity index (χ3v) is 2.22. The summed E-state index contributed by atoms with van der Waals surface area (Å²) in [6.07, 6.45) is 1.82. The van der Waals surface area contributed by atoms with E-state index in [1.165, 1.54) is 5.56 Å². The molecule has 1 aromatic rings. The van der Waals surface area contributed by atoms with Crippen molar-refractivity contribution in [2.24, 2.45) is 5.16 Å². The molecule has 0 fully saturated rings. The Balaban J connectivity index is 2.60. The van der Waals surface area contributed by atoms with Gasteiger partial charge in [0.15, 0.2) is 0 Å². The zero-order chi connectivity index (χ0) is 12.0. The first kappa shape index (κ1) is 12.6. The van der Waals surface area contributed by atoms with Crippen LogP contribution in [0.2, 0.25) is 0 Å². The number of rotatable bonds is 5. The van der Waals surface area contributed by atoms with Gasteiger partial charge in [-0.1, -0.05) is 17.3 Å². The Morgan fingerprint density at radius 2 is 2.19 bits per heavy atom. The first-order chi connectivity index (χ1) is 7.61. The Kier molecular flexibility index (Phi) is 4.83. The summed E-state index contributed by atoms with van der Waals surface area (Å²) >= 11 is 0. The lowest BCUT2D eigenvalue weighted by atomic mass is 10.1. The van der Waals surface area contributed by atoms with Crippen LogP contribution in [0, 0.1) is 0 Å². The first-order valence-corrected chi connectivity index (χ1v) is 5.55. The van der Waals surface area contributed by atoms with E-state index in [1.54, 1.807) is 0 Å². The van der Waals surface area contributed by atoms with Gasteiger partial charge in [0, 0.05) is 0 Å². The largest absolute Gasteiger partial charge is 0.491 e. The van der Waals surface area contributed by atoms with E-state index in [0.717, 1.165) is 24.3 Å². The molecule has 0 radical (unpaired) electrons. The lowest BCUT2D eigenvalue weighted by molar-refractivity contribution is 0.242. The van der Waals surface area contributed by atoms with Gasteiger partial charge in [0.25, 0.3) is 0 Å². The summed E-state index contributed by atoms with van der Waals surface area (Å²) in [7, 11) is 0. The Bertz CT molecular complexity index is 359. The van der Waals surface area contributed by atoms with Gasteiger partial charge in [-0.15, -0.1) is 0 Å². The molecule has 3 nitrogen and oxygen atoms in total. The van der Waals surface area contributed by atoms with E-state index < -0.39 is 0 Å². The van der Waals surface area contributed by atoms with Crippen LogP contribution in [0.5, 0.6) is 5.75 Å². The maximum atomic E-state index is 8.55. The van der Waals surface area contributed by atoms with Gasteiger partial charge in [0.05, 0.1) is 11.8 Å². The molecular weight excluding hydrogens is 202 g/mol. The highest BCUT2D eigenvalue weighted by atomic mass is 16.5. The minimum atomic E-state index is 0.191. The predicted molar refractivity (Wildman–Crippen MR) is 65.4 cm³/mol. The zero-order valence-electron chi connectivity index (χ0n) is 10.1. The molecule has 0 spiro atoms. The first-order valence-electron chi connectivity index (χ1n) is 5.55. The van der Waals surface area contributed by atoms with Crippen molar-refractivity contribution in [3.63, 3.8) is 0 Å². The molecule has 0 unspecified atom stereocenters. The third kappa shape index (κ3) is 4.34. The summed E-state index contributed by atoms with van der Waals surface area (Å²) < 4.78 is 5.61. The molecule has 1 N–H and O–H groups in total. The Labute approximate surface area is 96.7 Å². The molecule has 0 aliphatic rings. The second-order valence-corrected chi connectivity index (χ2v) is 4.15. The highest BCUT2D eigenvalue weighted by Gasteiger charge is 2.00. The summed E-state index contributed by atoms with van der Waals surface area (Å²) in [5, 5.41) is 11.7. The Morgan fingerprint density at radius 1 is 1.44 bits per heavy atom. The van der Waals surface area contributed by atoms with Crippen molar-refractivity contribution in [3.8, 4) is 5.75 Å². The molecule has 88 valence electrons. The normalized spacial score (nSPS) is 11.9. The summed E-state index contributed by atoms with van der Waals surface area (Å²) in [5.41, 5.74) is 1.94. The molecule has 0 aliphatic carbocycles. The van der Waals surface area contributed by atoms with Crippen LogP contribution in [0.3, 0.4) is 0 Å². The van der Waals surface area contributed by atoms with Gasteiger partial charge in [-0.05, 0) is 51.3 Å². The van der Waals surface area contributed by atoms with E-state index in [9.17, 15) is 0 Å². The SMILES string of the molecule is C/C(CCc1cccc(OC(C)C)c1)=N\O. The van der Waals surface area contributed by atoms with Crippen molar-refractivity contribution in [2.75, 3.05) is 0 Å². The van der Waals surface area contributed by atoms with E-state index in [4.69, 9.17) is 9.94 Å². The minimum absolute atomic E-state index is 0.191. The fourth-order valence-electron chi connectivity index (χ4n) is 1.42. The topological polar surface area (TPSA) is 41.8 Å². The lowest BCUT2D eigenvalue weighted by Gasteiger charge is -2.10. The molecule has 1 aromatic carbocycles. The van der Waals surface area contributed by atoms with Crippen LogP contribution in [0.4, 0.5) is 0 Å². The molecule has 0 bridgehead atoms. The van der Waals surface area contributed by atoms with Gasteiger partial charge in [0.1, 0.15) is 5.75 Å². The molecule has 0 atom stereocenters. The minimum Gasteiger partial charge on any atom is -0.491 e. The molecule has 0 saturated heterocycles. The number of nitrogens with zero attached hydrogens (tertiary/aromatic N) is 1. The van der Waals surface area contributed by atoms with Crippen LogP contribution in [-0.2, 0) is 6.42 Å². The maximum absolute atomic E-state index is 8.55. The molecule has 0 aliphatic heterocycles. The van der Waals surface area contributed by atoms with Crippen LogP contribution >= 0.6 is 0 Å². The maximum Gasteiger partial charge on any atom is 0.119 e. The number of aryl methyl sites for hydroxylation is 1. The highest BCUT2D eigenvalue weighted by Crippen LogP contribution is 2.16. The number of hydrogen-bond donors (Lipinski definition) is 1. The van der Waals surface area contributed by atoms with E-state index >= 15 is 0 Å². The zero-order valence-corrected chi connectivity index (χ0v) is 10.1. The van der Waals surface area contributed by atoms with Crippen molar-refractivity contribution in [1.29, 1.82) is 0 Å². The van der Waals surface area contributed by atoms with Crippen molar-refractivity contribution in [3.05, 3.63) is 29.8 Å². The lowest BCUT2D eigenvalue weighted by Crippen LogP contribution is -2.05. The van der Waals surface area contributed by atoms with E-state index in [1.807, 2.05) is 39.0 Å². The van der Waals surface area contributed by atoms with Crippen molar-refractivity contribution >= 4 is 5.71 Å². The van der Waals surface area contributed by atoms with Crippen LogP contribution in [0.15, 0.2) is 29.4 Å². The number of hydrogen-bond acceptors (Lipinski definition) is 3. The second kappa shape index (κ2) is 6.16. The van der Waals surface area contributed by atoms with Crippen molar-refractivity contribution in [1.82, 2.24) is 0 Å². The molecule has 0 saturated carbocycles. The van der Waals surface area contributed by atoms with Crippen LogP contribution < -0.4 is 4.74 Å². The molecule has 0 aromatic heterocycles. The Hall–Kier alpha value is -1.51. The molecule has 1 rings (SSSR count). The summed E-state index contributed by atoms with van der Waals surface area (Å²) in [4.78, 5) is 0. The number of benzene rings is 1. The van der Waals surface area contributed by atoms with E-state index in [-0.39, 0.29) is 6.10 Å². The summed E-state index contributed by atoms with van der Waals surface area (Å²) in [5.74, 6) is 0.895. The van der Waals surface area contributed by atoms with Crippen molar-refractivity contribution in [2.45, 2.75) is 39.7 Å². The van der Waals surface area contributed by atoms with Crippen molar-refractivity contribution < 1.29 is 9.94 Å². The molecule has 0 heterocycles. The van der Waals surface area contributed by atoms with Gasteiger partial charge in [-0.3, -0.25) is 0 Å². The third-order valence-electron chi connectivity index (χ3n) is 2.22. The molecule has 16 heavy (non-hydrogen) atoms. The van der Waals surface area contributed by atoms with Gasteiger partial charge in [-0.2, -0.15) is 0 Å². The van der Waals surface area contributed by atoms with E-state index in [0.29, 0.717) is 0 Å². The van der Waals surface area contributed by atoms with E-state index in [2.05, 4.69) is 11.2 Å². The van der Waals surface area contributed by atoms with Crippen LogP contribution in [0.1, 0.15) is 32.8 Å². The molecular formula is C13H19NO2. The fraction of sp³-hybridized carbons (Fsp3) is 0.462. The van der Waals surface area contributed by atoms with Gasteiger partial charge in [0.2, 0.25) is 0 Å².